The third-order valence-electron chi connectivity index (χ3n) is 1.95. The molecular weight excluding hydrogens is 200 g/mol. The minimum atomic E-state index is -0.547. The Morgan fingerprint density at radius 1 is 1.07 bits per heavy atom. The van der Waals surface area contributed by atoms with E-state index in [2.05, 4.69) is 4.98 Å². The molecule has 0 saturated heterocycles. The van der Waals surface area contributed by atoms with Crippen LogP contribution in [0.4, 0.5) is 8.78 Å². The van der Waals surface area contributed by atoms with Gasteiger partial charge in [0.15, 0.2) is 0 Å². The van der Waals surface area contributed by atoms with Crippen LogP contribution in [0.25, 0.3) is 11.3 Å². The number of aromatic hydroxyl groups is 1. The minimum Gasteiger partial charge on any atom is -0.506 e. The molecule has 2 nitrogen and oxygen atoms in total. The van der Waals surface area contributed by atoms with E-state index in [0.717, 1.165) is 18.2 Å². The van der Waals surface area contributed by atoms with Crippen LogP contribution in [0.15, 0.2) is 36.5 Å². The third kappa shape index (κ3) is 1.93. The molecule has 0 atom stereocenters. The lowest BCUT2D eigenvalue weighted by molar-refractivity contribution is 0.473. The maximum atomic E-state index is 13.3. The predicted octanol–water partition coefficient (Wildman–Crippen LogP) is 2.73. The van der Waals surface area contributed by atoms with Gasteiger partial charge in [-0.05, 0) is 30.3 Å². The molecule has 0 aliphatic carbocycles. The summed E-state index contributed by atoms with van der Waals surface area (Å²) in [5.74, 6) is -1.09. The van der Waals surface area contributed by atoms with Gasteiger partial charge in [-0.3, -0.25) is 4.98 Å². The summed E-state index contributed by atoms with van der Waals surface area (Å²) in [6.45, 7) is 0. The van der Waals surface area contributed by atoms with E-state index < -0.39 is 11.6 Å². The van der Waals surface area contributed by atoms with Crippen LogP contribution in [0.5, 0.6) is 5.75 Å². The fraction of sp³-hybridized carbons (Fsp3) is 0. The molecule has 1 heterocycles. The maximum absolute atomic E-state index is 13.3. The largest absolute Gasteiger partial charge is 0.506 e. The first-order valence-electron chi connectivity index (χ1n) is 4.27. The fourth-order valence-electron chi connectivity index (χ4n) is 1.24. The molecule has 4 heteroatoms. The lowest BCUT2D eigenvalue weighted by atomic mass is 10.1. The average Bonchev–Trinajstić information content (AvgIpc) is 2.23. The fourth-order valence-corrected chi connectivity index (χ4v) is 1.24. The van der Waals surface area contributed by atoms with E-state index in [4.69, 9.17) is 5.11 Å². The van der Waals surface area contributed by atoms with Crippen molar-refractivity contribution in [3.8, 4) is 17.0 Å². The van der Waals surface area contributed by atoms with Crippen molar-refractivity contribution in [1.82, 2.24) is 4.98 Å². The molecule has 2 rings (SSSR count). The number of hydrogen-bond donors (Lipinski definition) is 1. The number of aromatic nitrogens is 1. The smallest absolute Gasteiger partial charge is 0.133 e. The molecular formula is C11H7F2NO. The summed E-state index contributed by atoms with van der Waals surface area (Å²) in [4.78, 5) is 3.79. The van der Waals surface area contributed by atoms with Crippen molar-refractivity contribution in [3.63, 3.8) is 0 Å². The summed E-state index contributed by atoms with van der Waals surface area (Å²) >= 11 is 0. The van der Waals surface area contributed by atoms with Gasteiger partial charge in [-0.1, -0.05) is 0 Å². The summed E-state index contributed by atoms with van der Waals surface area (Å²) in [6.07, 6.45) is 1.18. The van der Waals surface area contributed by atoms with E-state index in [1.807, 2.05) is 0 Å². The summed E-state index contributed by atoms with van der Waals surface area (Å²) in [5, 5.41) is 9.00. The van der Waals surface area contributed by atoms with E-state index in [9.17, 15) is 8.78 Å². The highest BCUT2D eigenvalue weighted by atomic mass is 19.1. The molecule has 0 radical (unpaired) electrons. The van der Waals surface area contributed by atoms with Gasteiger partial charge in [0.2, 0.25) is 0 Å². The monoisotopic (exact) mass is 207 g/mol. The lowest BCUT2D eigenvalue weighted by Gasteiger charge is -2.02. The van der Waals surface area contributed by atoms with E-state index in [0.29, 0.717) is 0 Å². The molecule has 0 aliphatic rings. The summed E-state index contributed by atoms with van der Waals surface area (Å²) in [5.41, 5.74) is 0.361. The molecule has 0 saturated carbocycles. The van der Waals surface area contributed by atoms with Crippen LogP contribution in [0.2, 0.25) is 0 Å². The van der Waals surface area contributed by atoms with Crippen molar-refractivity contribution >= 4 is 0 Å². The Morgan fingerprint density at radius 3 is 2.53 bits per heavy atom. The first-order valence-corrected chi connectivity index (χ1v) is 4.27. The van der Waals surface area contributed by atoms with Gasteiger partial charge in [-0.15, -0.1) is 0 Å². The SMILES string of the molecule is Oc1ccc(-c2cc(F)ccc2F)nc1. The zero-order chi connectivity index (χ0) is 10.8. The Morgan fingerprint density at radius 2 is 1.87 bits per heavy atom. The highest BCUT2D eigenvalue weighted by Gasteiger charge is 2.07. The Labute approximate surface area is 84.8 Å². The zero-order valence-electron chi connectivity index (χ0n) is 7.61. The number of rotatable bonds is 1. The third-order valence-corrected chi connectivity index (χ3v) is 1.95. The van der Waals surface area contributed by atoms with Crippen molar-refractivity contribution in [1.29, 1.82) is 0 Å². The number of benzene rings is 1. The molecule has 15 heavy (non-hydrogen) atoms. The quantitative estimate of drug-likeness (QED) is 0.779. The van der Waals surface area contributed by atoms with E-state index in [1.165, 1.54) is 18.3 Å². The summed E-state index contributed by atoms with van der Waals surface area (Å²) < 4.78 is 26.2. The second-order valence-corrected chi connectivity index (χ2v) is 3.03. The zero-order valence-corrected chi connectivity index (χ0v) is 7.61. The van der Waals surface area contributed by atoms with Crippen LogP contribution in [0.3, 0.4) is 0 Å². The molecule has 0 spiro atoms. The molecule has 76 valence electrons. The van der Waals surface area contributed by atoms with Crippen molar-refractivity contribution in [2.45, 2.75) is 0 Å². The van der Waals surface area contributed by atoms with Gasteiger partial charge in [0, 0.05) is 5.56 Å². The summed E-state index contributed by atoms with van der Waals surface area (Å²) in [6, 6.07) is 5.94. The van der Waals surface area contributed by atoms with Crippen LogP contribution in [-0.4, -0.2) is 10.1 Å². The first-order chi connectivity index (χ1) is 7.16. The van der Waals surface area contributed by atoms with Crippen molar-refractivity contribution in [2.75, 3.05) is 0 Å². The van der Waals surface area contributed by atoms with Crippen molar-refractivity contribution in [2.24, 2.45) is 0 Å². The Kier molecular flexibility index (Phi) is 2.33. The highest BCUT2D eigenvalue weighted by molar-refractivity contribution is 5.60. The number of pyridine rings is 1. The highest BCUT2D eigenvalue weighted by Crippen LogP contribution is 2.22. The van der Waals surface area contributed by atoms with Crippen molar-refractivity contribution < 1.29 is 13.9 Å². The Balaban J connectivity index is 2.53. The van der Waals surface area contributed by atoms with Gasteiger partial charge in [-0.25, -0.2) is 8.78 Å². The molecule has 0 unspecified atom stereocenters. The van der Waals surface area contributed by atoms with Gasteiger partial charge in [0.25, 0.3) is 0 Å². The molecule has 0 bridgehead atoms. The topological polar surface area (TPSA) is 33.1 Å². The molecule has 1 aromatic heterocycles. The van der Waals surface area contributed by atoms with Gasteiger partial charge < -0.3 is 5.11 Å². The molecule has 0 aliphatic heterocycles. The van der Waals surface area contributed by atoms with Gasteiger partial charge in [0.1, 0.15) is 17.4 Å². The van der Waals surface area contributed by atoms with Crippen LogP contribution < -0.4 is 0 Å². The van der Waals surface area contributed by atoms with Gasteiger partial charge in [-0.2, -0.15) is 0 Å². The summed E-state index contributed by atoms with van der Waals surface area (Å²) in [7, 11) is 0. The van der Waals surface area contributed by atoms with Crippen LogP contribution in [0.1, 0.15) is 0 Å². The predicted molar refractivity (Wildman–Crippen MR) is 51.3 cm³/mol. The Hall–Kier alpha value is -1.97. The molecule has 0 fully saturated rings. The molecule has 2 aromatic rings. The van der Waals surface area contributed by atoms with Gasteiger partial charge >= 0.3 is 0 Å². The molecule has 0 amide bonds. The maximum Gasteiger partial charge on any atom is 0.133 e. The van der Waals surface area contributed by atoms with Gasteiger partial charge in [0.05, 0.1) is 11.9 Å². The normalized spacial score (nSPS) is 10.3. The van der Waals surface area contributed by atoms with E-state index in [-0.39, 0.29) is 17.0 Å². The number of halogens is 2. The van der Waals surface area contributed by atoms with Crippen LogP contribution >= 0.6 is 0 Å². The average molecular weight is 207 g/mol. The second-order valence-electron chi connectivity index (χ2n) is 3.03. The first kappa shape index (κ1) is 9.58. The molecule has 1 N–H and O–H groups in total. The number of nitrogens with zero attached hydrogens (tertiary/aromatic N) is 1. The van der Waals surface area contributed by atoms with Crippen molar-refractivity contribution in [3.05, 3.63) is 48.2 Å². The van der Waals surface area contributed by atoms with E-state index >= 15 is 0 Å². The van der Waals surface area contributed by atoms with Crippen LogP contribution in [0, 0.1) is 11.6 Å². The second kappa shape index (κ2) is 3.65. The van der Waals surface area contributed by atoms with Crippen LogP contribution in [-0.2, 0) is 0 Å². The minimum absolute atomic E-state index is 0.0180. The van der Waals surface area contributed by atoms with E-state index in [1.54, 1.807) is 0 Å². The number of hydrogen-bond acceptors (Lipinski definition) is 2. The molecule has 1 aromatic carbocycles. The Bertz CT molecular complexity index is 482. The standard InChI is InChI=1S/C11H7F2NO/c12-7-1-3-10(13)9(5-7)11-4-2-8(15)6-14-11/h1-6,15H. The lowest BCUT2D eigenvalue weighted by Crippen LogP contribution is -1.88.